The Morgan fingerprint density at radius 2 is 0.829 bits per heavy atom. The molecule has 0 spiro atoms. The molecule has 0 atom stereocenters. The number of pyridine rings is 1. The van der Waals surface area contributed by atoms with Crippen molar-refractivity contribution in [2.45, 2.75) is 98.7 Å². The Balaban J connectivity index is 0.000000129. The van der Waals surface area contributed by atoms with E-state index in [0.29, 0.717) is 137 Å². The maximum atomic E-state index is 13.5. The van der Waals surface area contributed by atoms with E-state index in [1.807, 2.05) is 131 Å². The highest BCUT2D eigenvalue weighted by atomic mass is 16.5. The zero-order chi connectivity index (χ0) is 98.1. The number of aromatic amines is 8. The van der Waals surface area contributed by atoms with E-state index < -0.39 is 0 Å². The smallest absolute Gasteiger partial charge is 0.274 e. The fourth-order valence-corrected chi connectivity index (χ4v) is 16.0. The van der Waals surface area contributed by atoms with Crippen LogP contribution < -0.4 is 50.3 Å². The molecule has 11 aromatic heterocycles. The fourth-order valence-electron chi connectivity index (χ4n) is 16.0. The van der Waals surface area contributed by atoms with Gasteiger partial charge in [0.15, 0.2) is 46.3 Å². The number of carbonyl (C=O) groups excluding carboxylic acids is 4. The number of fused-ring (bicyclic) bond motifs is 4. The number of ether oxygens (including phenoxy) is 7. The van der Waals surface area contributed by atoms with Gasteiger partial charge in [-0.05, 0) is 135 Å². The predicted molar refractivity (Wildman–Crippen MR) is 535 cm³/mol. The lowest BCUT2D eigenvalue weighted by molar-refractivity contribution is 0.0341. The number of para-hydroxylation sites is 2. The van der Waals surface area contributed by atoms with E-state index in [4.69, 9.17) is 48.2 Å². The van der Waals surface area contributed by atoms with Crippen LogP contribution >= 0.6 is 0 Å². The molecule has 0 radical (unpaired) electrons. The van der Waals surface area contributed by atoms with Crippen molar-refractivity contribution >= 4 is 102 Å². The van der Waals surface area contributed by atoms with Gasteiger partial charge in [0, 0.05) is 80.8 Å². The number of nitrogens with zero attached hydrogens (tertiary/aromatic N) is 15. The molecule has 2 fully saturated rings. The lowest BCUT2D eigenvalue weighted by Gasteiger charge is -2.26. The van der Waals surface area contributed by atoms with Crippen LogP contribution in [0, 0.1) is 6.92 Å². The zero-order valence-corrected chi connectivity index (χ0v) is 80.2. The summed E-state index contributed by atoms with van der Waals surface area (Å²) in [5.74, 6) is 4.34. The summed E-state index contributed by atoms with van der Waals surface area (Å²) in [6.45, 7) is 29.0. The molecule has 0 bridgehead atoms. The number of methoxy groups -OCH3 is 5. The molecule has 0 unspecified atom stereocenters. The molecule has 720 valence electrons. The molecule has 2 saturated heterocycles. The summed E-state index contributed by atoms with van der Waals surface area (Å²) < 4.78 is 41.2. The second-order valence-corrected chi connectivity index (χ2v) is 36.4. The number of anilines is 6. The molecule has 39 heteroatoms. The Morgan fingerprint density at radius 3 is 1.27 bits per heavy atom. The van der Waals surface area contributed by atoms with Gasteiger partial charge in [-0.3, -0.25) is 54.1 Å². The quantitative estimate of drug-likeness (QED) is 0.0267. The van der Waals surface area contributed by atoms with Crippen LogP contribution in [-0.4, -0.2) is 227 Å². The third kappa shape index (κ3) is 21.6. The number of imidazole rings is 4. The topological polar surface area (TPSA) is 477 Å². The first kappa shape index (κ1) is 95.1. The standard InChI is InChI=1S/C27H32N6O3.C26H27N7O3.C24H30N8O2.C24H21N7O3/c1-27(2,3)18-6-8-23(35-4)19(14-18)26(34)31-22-15-28-32-24(22)25-29-20-7-5-17(13-21(20)30-25)16-33-9-11-36-12-10-33;1-26(2,3)22-13-19(33(32-22)15-9-7-6-8-10-15)25(34)30-18-14-27-31-23(18)24-28-16-11-20(35-4)21(36-5)12-17(16)29-24;1-15-11-20(32(30-15)24(2,3)4)23(33)28-19-13-25-29-21(19)22-26-17-6-5-16(12-18(17)27-22)14-31-7-9-34-10-8-31;1-33-19-11-16-17(12-20(19)34-2)29-23(28-16)21-18(13-26-31-21)30-24(32)15-9-6-10-25-22(15)27-14-7-4-3-5-8-14/h5-8,13-15H,9-12,16H2,1-4H3,(H,28,32)(H,29,30)(H,31,34);6-14H,1-5H3,(H,27,31)(H,28,29)(H,30,34);5-6,11-13H,7-10,14H2,1-4H3,(H,25,29)(H,26,27)(H,28,33);3-13H,1-2H3,(H,25,27)(H,26,31)(H,28,29)(H,30,32). The number of hydrogen-bond donors (Lipinski definition) is 13. The van der Waals surface area contributed by atoms with E-state index in [2.05, 4.69) is 183 Å². The first-order valence-electron chi connectivity index (χ1n) is 45.4. The molecule has 18 aromatic rings. The number of H-pyrrole nitrogens is 8. The van der Waals surface area contributed by atoms with Crippen LogP contribution in [0.25, 0.3) is 95.9 Å². The van der Waals surface area contributed by atoms with E-state index in [9.17, 15) is 19.2 Å². The summed E-state index contributed by atoms with van der Waals surface area (Å²) in [4.78, 5) is 94.1. The van der Waals surface area contributed by atoms with Gasteiger partial charge < -0.3 is 79.7 Å². The van der Waals surface area contributed by atoms with Crippen LogP contribution in [0.1, 0.15) is 132 Å². The monoisotopic (exact) mass is 1890 g/mol. The molecule has 2 aliphatic rings. The van der Waals surface area contributed by atoms with Gasteiger partial charge in [-0.25, -0.2) is 29.6 Å². The highest BCUT2D eigenvalue weighted by Crippen LogP contribution is 2.39. The van der Waals surface area contributed by atoms with Crippen LogP contribution in [0.2, 0.25) is 0 Å². The van der Waals surface area contributed by atoms with Crippen LogP contribution in [0.4, 0.5) is 34.3 Å². The number of nitrogens with one attached hydrogen (secondary N) is 13. The van der Waals surface area contributed by atoms with Crippen LogP contribution in [0.5, 0.6) is 28.7 Å². The van der Waals surface area contributed by atoms with Gasteiger partial charge in [0.1, 0.15) is 45.7 Å². The van der Waals surface area contributed by atoms with Gasteiger partial charge in [-0.2, -0.15) is 30.6 Å². The van der Waals surface area contributed by atoms with Crippen molar-refractivity contribution in [1.82, 2.24) is 115 Å². The number of hydrogen-bond acceptors (Lipinski definition) is 25. The summed E-state index contributed by atoms with van der Waals surface area (Å²) in [5.41, 5.74) is 18.6. The third-order valence-corrected chi connectivity index (χ3v) is 23.4. The number of aromatic nitrogens is 21. The molecule has 13 heterocycles. The lowest BCUT2D eigenvalue weighted by Crippen LogP contribution is -2.35. The Bertz CT molecular complexity index is 7360. The molecule has 39 nitrogen and oxygen atoms in total. The minimum atomic E-state index is -0.339. The van der Waals surface area contributed by atoms with Crippen molar-refractivity contribution < 1.29 is 52.3 Å². The number of rotatable bonds is 24. The average molecular weight is 1890 g/mol. The molecule has 4 amide bonds. The van der Waals surface area contributed by atoms with Crippen LogP contribution in [0.3, 0.4) is 0 Å². The minimum Gasteiger partial charge on any atom is -0.496 e. The van der Waals surface area contributed by atoms with Gasteiger partial charge in [0.25, 0.3) is 23.6 Å². The minimum absolute atomic E-state index is 0.100. The van der Waals surface area contributed by atoms with Crippen molar-refractivity contribution in [2.24, 2.45) is 0 Å². The van der Waals surface area contributed by atoms with E-state index in [0.717, 1.165) is 127 Å². The highest BCUT2D eigenvalue weighted by molar-refractivity contribution is 6.10. The third-order valence-electron chi connectivity index (χ3n) is 23.4. The number of amides is 4. The Morgan fingerprint density at radius 1 is 0.407 bits per heavy atom. The maximum Gasteiger partial charge on any atom is 0.274 e. The van der Waals surface area contributed by atoms with Gasteiger partial charge in [-0.1, -0.05) is 96.1 Å². The number of carbonyl (C=O) groups is 4. The largest absolute Gasteiger partial charge is 0.496 e. The average Bonchev–Trinajstić information content (AvgIpc) is 1.64. The number of morpholine rings is 2. The summed E-state index contributed by atoms with van der Waals surface area (Å²) in [6.07, 6.45) is 7.89. The molecule has 20 rings (SSSR count). The highest BCUT2D eigenvalue weighted by Gasteiger charge is 2.31. The van der Waals surface area contributed by atoms with E-state index in [-0.39, 0.29) is 40.0 Å². The second kappa shape index (κ2) is 41.1. The SMILES string of the molecule is COc1cc2nc(-c3[nH]ncc3NC(=O)c3cc(C(C)(C)C)nn3-c3ccccc3)[nH]c2cc1OC.COc1cc2nc(-c3[nH]ncc3NC(=O)c3cccnc3Nc3ccccc3)[nH]c2cc1OC.COc1ccc(C(C)(C)C)cc1C(=O)Nc1cn[nH]c1-c1nc2ccc(CN3CCOCC3)cc2[nH]1.Cc1cc(C(=O)Nc2cn[nH]c2-c2nc3ccc(CN4CCOCC4)cc3[nH]2)n(C(C)(C)C)n1. The molecular weight excluding hydrogens is 1780 g/mol. The van der Waals surface area contributed by atoms with Gasteiger partial charge in [-0.15, -0.1) is 0 Å². The van der Waals surface area contributed by atoms with E-state index in [1.165, 1.54) is 17.3 Å². The predicted octanol–water partition coefficient (Wildman–Crippen LogP) is 16.7. The number of benzene rings is 7. The Labute approximate surface area is 804 Å². The van der Waals surface area contributed by atoms with Crippen molar-refractivity contribution in [3.63, 3.8) is 0 Å². The van der Waals surface area contributed by atoms with Crippen molar-refractivity contribution in [3.05, 3.63) is 245 Å². The normalized spacial score (nSPS) is 13.1. The molecule has 0 saturated carbocycles. The summed E-state index contributed by atoms with van der Waals surface area (Å²) in [7, 11) is 7.86. The fraction of sp³-hybridized carbons (Fsp3) is 0.277. The molecule has 7 aromatic carbocycles. The molecule has 13 N–H and O–H groups in total. The van der Waals surface area contributed by atoms with Crippen molar-refractivity contribution in [2.75, 3.05) is 115 Å². The zero-order valence-electron chi connectivity index (χ0n) is 80.2. The van der Waals surface area contributed by atoms with Crippen LogP contribution in [-0.2, 0) is 38.9 Å². The molecular formula is C101H110N28O11. The summed E-state index contributed by atoms with van der Waals surface area (Å²) >= 11 is 0. The lowest BCUT2D eigenvalue weighted by atomic mass is 9.86. The molecule has 0 aliphatic carbocycles. The first-order valence-corrected chi connectivity index (χ1v) is 45.4. The number of aryl methyl sites for hydroxylation is 1. The van der Waals surface area contributed by atoms with Crippen molar-refractivity contribution in [1.29, 1.82) is 0 Å². The second-order valence-electron chi connectivity index (χ2n) is 36.4. The summed E-state index contributed by atoms with van der Waals surface area (Å²) in [6, 6.07) is 51.5. The van der Waals surface area contributed by atoms with E-state index in [1.54, 1.807) is 106 Å². The first-order chi connectivity index (χ1) is 67.5. The molecule has 140 heavy (non-hydrogen) atoms. The van der Waals surface area contributed by atoms with Crippen LogP contribution in [0.15, 0.2) is 195 Å². The van der Waals surface area contributed by atoms with E-state index >= 15 is 0 Å². The Hall–Kier alpha value is -16.7. The molecule has 2 aliphatic heterocycles. The van der Waals surface area contributed by atoms with Crippen molar-refractivity contribution in [3.8, 4) is 80.5 Å². The summed E-state index contributed by atoms with van der Waals surface area (Å²) in [5, 5.41) is 52.5. The van der Waals surface area contributed by atoms with Gasteiger partial charge >= 0.3 is 0 Å². The van der Waals surface area contributed by atoms with Gasteiger partial charge in [0.2, 0.25) is 0 Å². The maximum absolute atomic E-state index is 13.5. The Kier molecular flexibility index (Phi) is 27.9. The van der Waals surface area contributed by atoms with Gasteiger partial charge in [0.05, 0.1) is 187 Å².